The fourth-order valence-electron chi connectivity index (χ4n) is 1.40. The van der Waals surface area contributed by atoms with Gasteiger partial charge in [-0.15, -0.1) is 11.3 Å². The minimum absolute atomic E-state index is 0.127. The van der Waals surface area contributed by atoms with Crippen molar-refractivity contribution in [2.24, 2.45) is 0 Å². The van der Waals surface area contributed by atoms with E-state index in [2.05, 4.69) is 17.2 Å². The van der Waals surface area contributed by atoms with Crippen LogP contribution in [-0.4, -0.2) is 23.1 Å². The lowest BCUT2D eigenvalue weighted by molar-refractivity contribution is -0.153. The van der Waals surface area contributed by atoms with Crippen LogP contribution in [0.4, 0.5) is 0 Å². The molecule has 1 heterocycles. The maximum atomic E-state index is 11.5. The molecule has 0 fully saturated rings. The fourth-order valence-corrected chi connectivity index (χ4v) is 2.19. The Balaban J connectivity index is 2.41. The third kappa shape index (κ3) is 5.28. The molecule has 0 spiro atoms. The zero-order chi connectivity index (χ0) is 12.9. The van der Waals surface area contributed by atoms with Gasteiger partial charge in [0, 0.05) is 11.6 Å². The Kier molecular flexibility index (Phi) is 5.08. The number of thiazole rings is 1. The maximum Gasteiger partial charge on any atom is 0.320 e. The van der Waals surface area contributed by atoms with E-state index < -0.39 is 5.60 Å². The van der Waals surface area contributed by atoms with Crippen molar-refractivity contribution in [3.63, 3.8) is 0 Å². The first-order valence-electron chi connectivity index (χ1n) is 5.77. The van der Waals surface area contributed by atoms with Crippen molar-refractivity contribution >= 4 is 17.3 Å². The zero-order valence-corrected chi connectivity index (χ0v) is 11.6. The number of carbonyl (C=O) groups is 1. The quantitative estimate of drug-likeness (QED) is 0.822. The highest BCUT2D eigenvalue weighted by atomic mass is 32.1. The van der Waals surface area contributed by atoms with Crippen LogP contribution in [0, 0.1) is 0 Å². The van der Waals surface area contributed by atoms with Crippen LogP contribution < -0.4 is 5.32 Å². The molecule has 0 saturated heterocycles. The number of ether oxygens (including phenoxy) is 1. The summed E-state index contributed by atoms with van der Waals surface area (Å²) in [5, 5.41) is 6.12. The number of rotatable bonds is 5. The molecular formula is C12H20N2O2S. The molecule has 0 saturated carbocycles. The topological polar surface area (TPSA) is 51.2 Å². The first kappa shape index (κ1) is 14.1. The van der Waals surface area contributed by atoms with Crippen molar-refractivity contribution in [3.05, 3.63) is 16.6 Å². The number of nitrogens with one attached hydrogen (secondary N) is 1. The average molecular weight is 256 g/mol. The van der Waals surface area contributed by atoms with Crippen LogP contribution in [0.2, 0.25) is 0 Å². The lowest BCUT2D eigenvalue weighted by Crippen LogP contribution is -2.33. The first-order valence-corrected chi connectivity index (χ1v) is 6.65. The third-order valence-electron chi connectivity index (χ3n) is 2.07. The van der Waals surface area contributed by atoms with Crippen molar-refractivity contribution in [2.75, 3.05) is 6.54 Å². The predicted molar refractivity (Wildman–Crippen MR) is 69.0 cm³/mol. The van der Waals surface area contributed by atoms with Gasteiger partial charge in [0.2, 0.25) is 0 Å². The molecular weight excluding hydrogens is 236 g/mol. The van der Waals surface area contributed by atoms with Gasteiger partial charge >= 0.3 is 5.97 Å². The van der Waals surface area contributed by atoms with Crippen molar-refractivity contribution < 1.29 is 9.53 Å². The molecule has 0 aliphatic carbocycles. The van der Waals surface area contributed by atoms with Crippen LogP contribution in [0.1, 0.15) is 45.2 Å². The van der Waals surface area contributed by atoms with E-state index in [0.717, 1.165) is 11.4 Å². The largest absolute Gasteiger partial charge is 0.459 e. The van der Waals surface area contributed by atoms with Crippen LogP contribution in [0.5, 0.6) is 0 Å². The molecule has 5 heteroatoms. The molecule has 4 nitrogen and oxygen atoms in total. The summed E-state index contributed by atoms with van der Waals surface area (Å²) in [6.07, 6.45) is 2.67. The average Bonchev–Trinajstić information content (AvgIpc) is 2.69. The Morgan fingerprint density at radius 3 is 2.76 bits per heavy atom. The highest BCUT2D eigenvalue weighted by molar-refractivity contribution is 7.09. The summed E-state index contributed by atoms with van der Waals surface area (Å²) in [7, 11) is 0. The summed E-state index contributed by atoms with van der Waals surface area (Å²) < 4.78 is 5.23. The molecule has 1 aromatic heterocycles. The molecule has 0 aliphatic heterocycles. The lowest BCUT2D eigenvalue weighted by atomic mass is 10.2. The summed E-state index contributed by atoms with van der Waals surface area (Å²) in [4.78, 5) is 15.8. The molecule has 1 unspecified atom stereocenters. The minimum atomic E-state index is -0.429. The smallest absolute Gasteiger partial charge is 0.320 e. The van der Waals surface area contributed by atoms with Gasteiger partial charge in [0.05, 0.1) is 12.6 Å². The third-order valence-corrected chi connectivity index (χ3v) is 2.96. The number of hydrogen-bond donors (Lipinski definition) is 1. The SMILES string of the molecule is CCC(NCC(=O)OC(C)(C)C)c1nccs1. The summed E-state index contributed by atoms with van der Waals surface area (Å²) in [6.45, 7) is 7.87. The molecule has 0 radical (unpaired) electrons. The second-order valence-corrected chi connectivity index (χ2v) is 5.72. The van der Waals surface area contributed by atoms with Crippen molar-refractivity contribution in [1.82, 2.24) is 10.3 Å². The minimum Gasteiger partial charge on any atom is -0.459 e. The van der Waals surface area contributed by atoms with E-state index in [1.54, 1.807) is 17.5 Å². The van der Waals surface area contributed by atoms with E-state index in [-0.39, 0.29) is 18.6 Å². The van der Waals surface area contributed by atoms with Crippen LogP contribution in [-0.2, 0) is 9.53 Å². The molecule has 0 bridgehead atoms. The summed E-state index contributed by atoms with van der Waals surface area (Å²) >= 11 is 1.59. The van der Waals surface area contributed by atoms with Crippen LogP contribution in [0.25, 0.3) is 0 Å². The molecule has 1 N–H and O–H groups in total. The standard InChI is InChI=1S/C12H20N2O2S/c1-5-9(11-13-6-7-17-11)14-8-10(15)16-12(2,3)4/h6-7,9,14H,5,8H2,1-4H3. The Bertz CT molecular complexity index is 344. The van der Waals surface area contributed by atoms with Gasteiger partial charge in [-0.3, -0.25) is 10.1 Å². The molecule has 0 aliphatic rings. The van der Waals surface area contributed by atoms with Gasteiger partial charge in [-0.25, -0.2) is 4.98 Å². The molecule has 0 amide bonds. The van der Waals surface area contributed by atoms with Crippen molar-refractivity contribution in [3.8, 4) is 0 Å². The number of aromatic nitrogens is 1. The molecule has 17 heavy (non-hydrogen) atoms. The molecule has 1 atom stereocenters. The van der Waals surface area contributed by atoms with Gasteiger partial charge in [0.1, 0.15) is 10.6 Å². The van der Waals surface area contributed by atoms with Crippen LogP contribution in [0.3, 0.4) is 0 Å². The normalized spacial score (nSPS) is 13.4. The zero-order valence-electron chi connectivity index (χ0n) is 10.8. The summed E-state index contributed by atoms with van der Waals surface area (Å²) in [6, 6.07) is 0.127. The van der Waals surface area contributed by atoms with Crippen LogP contribution in [0.15, 0.2) is 11.6 Å². The summed E-state index contributed by atoms with van der Waals surface area (Å²) in [5.41, 5.74) is -0.429. The van der Waals surface area contributed by atoms with Crippen LogP contribution >= 0.6 is 11.3 Å². The van der Waals surface area contributed by atoms with Gasteiger partial charge in [0.25, 0.3) is 0 Å². The monoisotopic (exact) mass is 256 g/mol. The summed E-state index contributed by atoms with van der Waals surface area (Å²) in [5.74, 6) is -0.229. The highest BCUT2D eigenvalue weighted by Crippen LogP contribution is 2.18. The molecule has 1 rings (SSSR count). The Morgan fingerprint density at radius 2 is 2.29 bits per heavy atom. The van der Waals surface area contributed by atoms with E-state index in [0.29, 0.717) is 0 Å². The molecule has 96 valence electrons. The van der Waals surface area contributed by atoms with Gasteiger partial charge in [-0.05, 0) is 27.2 Å². The first-order chi connectivity index (χ1) is 7.92. The Hall–Kier alpha value is -0.940. The van der Waals surface area contributed by atoms with Crippen molar-refractivity contribution in [2.45, 2.75) is 45.8 Å². The number of hydrogen-bond acceptors (Lipinski definition) is 5. The molecule has 1 aromatic rings. The second kappa shape index (κ2) is 6.12. The van der Waals surface area contributed by atoms with E-state index in [9.17, 15) is 4.79 Å². The van der Waals surface area contributed by atoms with Gasteiger partial charge in [0.15, 0.2) is 0 Å². The van der Waals surface area contributed by atoms with Crippen molar-refractivity contribution in [1.29, 1.82) is 0 Å². The molecule has 0 aromatic carbocycles. The van der Waals surface area contributed by atoms with Gasteiger partial charge in [-0.2, -0.15) is 0 Å². The number of carbonyl (C=O) groups excluding carboxylic acids is 1. The van der Waals surface area contributed by atoms with Gasteiger partial charge < -0.3 is 4.74 Å². The van der Waals surface area contributed by atoms with Gasteiger partial charge in [-0.1, -0.05) is 6.92 Å². The predicted octanol–water partition coefficient (Wildman–Crippen LogP) is 2.53. The maximum absolute atomic E-state index is 11.5. The Morgan fingerprint density at radius 1 is 1.59 bits per heavy atom. The second-order valence-electron chi connectivity index (χ2n) is 4.80. The highest BCUT2D eigenvalue weighted by Gasteiger charge is 2.18. The van der Waals surface area contributed by atoms with E-state index in [1.165, 1.54) is 0 Å². The fraction of sp³-hybridized carbons (Fsp3) is 0.667. The van der Waals surface area contributed by atoms with E-state index >= 15 is 0 Å². The number of nitrogens with zero attached hydrogens (tertiary/aromatic N) is 1. The van der Waals surface area contributed by atoms with E-state index in [1.807, 2.05) is 26.2 Å². The lowest BCUT2D eigenvalue weighted by Gasteiger charge is -2.21. The van der Waals surface area contributed by atoms with E-state index in [4.69, 9.17) is 4.74 Å². The number of esters is 1. The Labute approximate surface area is 106 Å².